The Morgan fingerprint density at radius 3 is 2.19 bits per heavy atom. The smallest absolute Gasteiger partial charge is 0.323 e. The second kappa shape index (κ2) is 16.7. The Labute approximate surface area is 252 Å². The Balaban J connectivity index is 1.44. The molecule has 0 bridgehead atoms. The van der Waals surface area contributed by atoms with E-state index >= 15 is 0 Å². The van der Waals surface area contributed by atoms with E-state index in [9.17, 15) is 24.3 Å². The highest BCUT2D eigenvalue weighted by Gasteiger charge is 2.23. The van der Waals surface area contributed by atoms with Crippen LogP contribution in [0.15, 0.2) is 78.9 Å². The molecule has 0 aliphatic heterocycles. The number of aliphatic hydroxyl groups excluding tert-OH is 1. The zero-order chi connectivity index (χ0) is 31.2. The molecule has 0 heterocycles. The molecule has 2 atom stereocenters. The van der Waals surface area contributed by atoms with Crippen molar-refractivity contribution >= 4 is 35.2 Å². The third-order valence-corrected chi connectivity index (χ3v) is 6.49. The number of aliphatic hydroxyl groups is 1. The first-order valence-corrected chi connectivity index (χ1v) is 14.3. The van der Waals surface area contributed by atoms with Crippen molar-refractivity contribution in [1.29, 1.82) is 0 Å². The summed E-state index contributed by atoms with van der Waals surface area (Å²) < 4.78 is 5.18. The lowest BCUT2D eigenvalue weighted by Gasteiger charge is -2.21. The quantitative estimate of drug-likeness (QED) is 0.177. The number of carbonyl (C=O) groups excluding carboxylic acids is 4. The van der Waals surface area contributed by atoms with Crippen LogP contribution in [0.1, 0.15) is 43.4 Å². The molecule has 4 amide bonds. The number of anilines is 2. The molecule has 228 valence electrons. The molecule has 3 rings (SSSR count). The molecule has 10 heteroatoms. The van der Waals surface area contributed by atoms with E-state index < -0.39 is 24.0 Å². The van der Waals surface area contributed by atoms with Crippen LogP contribution in [-0.2, 0) is 32.1 Å². The van der Waals surface area contributed by atoms with E-state index in [1.807, 2.05) is 75.4 Å². The number of benzene rings is 3. The Morgan fingerprint density at radius 2 is 1.51 bits per heavy atom. The molecule has 5 N–H and O–H groups in total. The van der Waals surface area contributed by atoms with Gasteiger partial charge in [-0.2, -0.15) is 0 Å². The van der Waals surface area contributed by atoms with Crippen LogP contribution in [0.2, 0.25) is 0 Å². The van der Waals surface area contributed by atoms with Gasteiger partial charge in [-0.05, 0) is 54.2 Å². The second-order valence-corrected chi connectivity index (χ2v) is 10.8. The summed E-state index contributed by atoms with van der Waals surface area (Å²) in [6, 6.07) is 22.3. The van der Waals surface area contributed by atoms with Crippen molar-refractivity contribution in [3.8, 4) is 0 Å². The van der Waals surface area contributed by atoms with Gasteiger partial charge in [-0.3, -0.25) is 14.4 Å². The van der Waals surface area contributed by atoms with Crippen LogP contribution in [0, 0.1) is 12.8 Å². The third-order valence-electron chi connectivity index (χ3n) is 6.49. The minimum atomic E-state index is -1.13. The molecule has 1 unspecified atom stereocenters. The van der Waals surface area contributed by atoms with Crippen LogP contribution < -0.4 is 21.3 Å². The van der Waals surface area contributed by atoms with E-state index in [1.165, 1.54) is 0 Å². The Kier molecular flexibility index (Phi) is 12.7. The number of hydrogen-bond donors (Lipinski definition) is 5. The number of rotatable bonds is 14. The molecule has 0 saturated carbocycles. The largest absolute Gasteiger partial charge is 0.461 e. The SMILES string of the molecule is Cc1ccccc1NC(=O)Nc1ccc(CC(=O)N[C@H](CC(C)C)C(=O)NCC(O)CC(=O)OCc2ccccc2)cc1. The highest BCUT2D eigenvalue weighted by atomic mass is 16.5. The standard InChI is InChI=1S/C33H40N4O6/c1-22(2)17-29(32(41)34-20-27(38)19-31(40)43-21-25-10-5-4-6-11-25)36-30(39)18-24-13-15-26(16-14-24)35-33(42)37-28-12-8-7-9-23(28)3/h4-16,22,27,29,38H,17-21H2,1-3H3,(H,34,41)(H,36,39)(H2,35,37,42)/t27?,29-/m1/s1. The molecule has 0 aliphatic carbocycles. The summed E-state index contributed by atoms with van der Waals surface area (Å²) in [5, 5.41) is 21.2. The Bertz CT molecular complexity index is 1360. The lowest BCUT2D eigenvalue weighted by atomic mass is 10.0. The number of hydrogen-bond acceptors (Lipinski definition) is 6. The van der Waals surface area contributed by atoms with E-state index in [0.29, 0.717) is 23.4 Å². The van der Waals surface area contributed by atoms with E-state index in [0.717, 1.165) is 11.1 Å². The van der Waals surface area contributed by atoms with Gasteiger partial charge in [-0.1, -0.05) is 74.5 Å². The Morgan fingerprint density at radius 1 is 0.837 bits per heavy atom. The van der Waals surface area contributed by atoms with Gasteiger partial charge in [-0.25, -0.2) is 4.79 Å². The Hall–Kier alpha value is -4.70. The summed E-state index contributed by atoms with van der Waals surface area (Å²) in [5.41, 5.74) is 3.76. The topological polar surface area (TPSA) is 146 Å². The summed E-state index contributed by atoms with van der Waals surface area (Å²) in [6.07, 6.45) is -0.972. The predicted molar refractivity (Wildman–Crippen MR) is 165 cm³/mol. The second-order valence-electron chi connectivity index (χ2n) is 10.8. The molecular formula is C33H40N4O6. The summed E-state index contributed by atoms with van der Waals surface area (Å²) in [5.74, 6) is -1.25. The predicted octanol–water partition coefficient (Wildman–Crippen LogP) is 4.32. The van der Waals surface area contributed by atoms with E-state index in [1.54, 1.807) is 24.3 Å². The molecule has 3 aromatic carbocycles. The summed E-state index contributed by atoms with van der Waals surface area (Å²) in [7, 11) is 0. The van der Waals surface area contributed by atoms with Crippen LogP contribution in [0.5, 0.6) is 0 Å². The molecule has 3 aromatic rings. The number of esters is 1. The first kappa shape index (κ1) is 32.8. The van der Waals surface area contributed by atoms with Crippen LogP contribution in [0.4, 0.5) is 16.2 Å². The number of aryl methyl sites for hydroxylation is 1. The molecule has 0 saturated heterocycles. The van der Waals surface area contributed by atoms with Gasteiger partial charge in [0.05, 0.1) is 18.9 Å². The number of amides is 4. The molecule has 0 spiro atoms. The molecule has 0 fully saturated rings. The van der Waals surface area contributed by atoms with Crippen LogP contribution in [-0.4, -0.2) is 47.6 Å². The third kappa shape index (κ3) is 12.0. The van der Waals surface area contributed by atoms with E-state index in [4.69, 9.17) is 4.74 Å². The average Bonchev–Trinajstić information content (AvgIpc) is 2.97. The van der Waals surface area contributed by atoms with Gasteiger partial charge in [0.1, 0.15) is 12.6 Å². The van der Waals surface area contributed by atoms with Gasteiger partial charge in [-0.15, -0.1) is 0 Å². The molecule has 0 aliphatic rings. The molecule has 43 heavy (non-hydrogen) atoms. The van der Waals surface area contributed by atoms with Crippen molar-refractivity contribution in [1.82, 2.24) is 10.6 Å². The van der Waals surface area contributed by atoms with Gasteiger partial charge in [0.25, 0.3) is 0 Å². The first-order chi connectivity index (χ1) is 20.6. The van der Waals surface area contributed by atoms with Crippen molar-refractivity contribution in [3.05, 3.63) is 95.6 Å². The summed E-state index contributed by atoms with van der Waals surface area (Å²) >= 11 is 0. The van der Waals surface area contributed by atoms with Gasteiger partial charge in [0, 0.05) is 17.9 Å². The summed E-state index contributed by atoms with van der Waals surface area (Å²) in [6.45, 7) is 5.72. The summed E-state index contributed by atoms with van der Waals surface area (Å²) in [4.78, 5) is 50.1. The molecule has 10 nitrogen and oxygen atoms in total. The number of urea groups is 1. The highest BCUT2D eigenvalue weighted by molar-refractivity contribution is 6.00. The van der Waals surface area contributed by atoms with Gasteiger partial charge < -0.3 is 31.1 Å². The van der Waals surface area contributed by atoms with Crippen LogP contribution >= 0.6 is 0 Å². The average molecular weight is 589 g/mol. The lowest BCUT2D eigenvalue weighted by Crippen LogP contribution is -2.49. The fourth-order valence-corrected chi connectivity index (χ4v) is 4.24. The fourth-order valence-electron chi connectivity index (χ4n) is 4.24. The molecular weight excluding hydrogens is 548 g/mol. The maximum Gasteiger partial charge on any atom is 0.323 e. The molecule has 0 aromatic heterocycles. The highest BCUT2D eigenvalue weighted by Crippen LogP contribution is 2.15. The fraction of sp³-hybridized carbons (Fsp3) is 0.333. The van der Waals surface area contributed by atoms with Crippen LogP contribution in [0.25, 0.3) is 0 Å². The number of ether oxygens (including phenoxy) is 1. The first-order valence-electron chi connectivity index (χ1n) is 14.3. The van der Waals surface area contributed by atoms with Gasteiger partial charge in [0.15, 0.2) is 0 Å². The van der Waals surface area contributed by atoms with Crippen molar-refractivity contribution in [3.63, 3.8) is 0 Å². The lowest BCUT2D eigenvalue weighted by molar-refractivity contribution is -0.147. The van der Waals surface area contributed by atoms with Crippen molar-refractivity contribution in [2.75, 3.05) is 17.2 Å². The van der Waals surface area contributed by atoms with Crippen molar-refractivity contribution < 1.29 is 29.0 Å². The van der Waals surface area contributed by atoms with Gasteiger partial charge >= 0.3 is 12.0 Å². The minimum absolute atomic E-state index is 0.0352. The number of nitrogens with one attached hydrogen (secondary N) is 4. The zero-order valence-electron chi connectivity index (χ0n) is 24.8. The maximum atomic E-state index is 12.9. The van der Waals surface area contributed by atoms with Crippen LogP contribution in [0.3, 0.4) is 0 Å². The normalized spacial score (nSPS) is 12.1. The van der Waals surface area contributed by atoms with Gasteiger partial charge in [0.2, 0.25) is 11.8 Å². The monoisotopic (exact) mass is 588 g/mol. The maximum absolute atomic E-state index is 12.9. The number of carbonyl (C=O) groups is 4. The zero-order valence-corrected chi connectivity index (χ0v) is 24.8. The minimum Gasteiger partial charge on any atom is -0.461 e. The van der Waals surface area contributed by atoms with E-state index in [2.05, 4.69) is 21.3 Å². The van der Waals surface area contributed by atoms with E-state index in [-0.39, 0.29) is 43.8 Å². The van der Waals surface area contributed by atoms with Crippen molar-refractivity contribution in [2.24, 2.45) is 5.92 Å². The van der Waals surface area contributed by atoms with Crippen molar-refractivity contribution in [2.45, 2.75) is 58.8 Å². The molecule has 0 radical (unpaired) electrons. The number of para-hydroxylation sites is 1.